The van der Waals surface area contributed by atoms with E-state index in [1.165, 1.54) is 30.9 Å². The van der Waals surface area contributed by atoms with Crippen molar-refractivity contribution >= 4 is 23.2 Å². The van der Waals surface area contributed by atoms with Gasteiger partial charge in [0.2, 0.25) is 0 Å². The number of benzene rings is 1. The first-order valence-corrected chi connectivity index (χ1v) is 7.68. The van der Waals surface area contributed by atoms with Gasteiger partial charge in [0, 0.05) is 24.5 Å². The Morgan fingerprint density at radius 2 is 1.73 bits per heavy atom. The number of amides is 1. The summed E-state index contributed by atoms with van der Waals surface area (Å²) in [5, 5.41) is 3.05. The lowest BCUT2D eigenvalue weighted by molar-refractivity contribution is 0.0962. The molecule has 2 aromatic heterocycles. The van der Waals surface area contributed by atoms with Crippen LogP contribution in [0.4, 0.5) is 21.7 Å². The van der Waals surface area contributed by atoms with Crippen LogP contribution in [0.5, 0.6) is 0 Å². The minimum Gasteiger partial charge on any atom is -0.393 e. The molecule has 132 valence electrons. The van der Waals surface area contributed by atoms with Crippen LogP contribution in [0.3, 0.4) is 0 Å². The molecule has 1 amide bonds. The summed E-state index contributed by atoms with van der Waals surface area (Å²) in [4.78, 5) is 24.0. The molecule has 1 aromatic carbocycles. The number of hydrogen-bond donors (Lipinski definition) is 4. The first-order chi connectivity index (χ1) is 12.6. The van der Waals surface area contributed by atoms with E-state index in [0.717, 1.165) is 5.56 Å². The summed E-state index contributed by atoms with van der Waals surface area (Å²) in [6, 6.07) is 9.23. The second-order valence-corrected chi connectivity index (χ2v) is 5.28. The van der Waals surface area contributed by atoms with Gasteiger partial charge < -0.3 is 11.1 Å². The molecule has 0 aliphatic heterocycles. The second-order valence-electron chi connectivity index (χ2n) is 5.28. The van der Waals surface area contributed by atoms with Crippen molar-refractivity contribution in [3.05, 3.63) is 72.1 Å². The number of aromatic nitrogens is 3. The van der Waals surface area contributed by atoms with Crippen LogP contribution in [0.25, 0.3) is 0 Å². The third-order valence-electron chi connectivity index (χ3n) is 3.49. The quantitative estimate of drug-likeness (QED) is 0.500. The third-order valence-corrected chi connectivity index (χ3v) is 3.49. The standard InChI is InChI=1S/C17H16FN7O/c18-13-3-1-11(2-4-13)9-21-15-14(19)16(23-10-22-15)24-25-17(26)12-5-7-20-8-6-12/h1-8,10H,9,19H2,(H,25,26)(H2,21,22,23,24). The first-order valence-electron chi connectivity index (χ1n) is 7.68. The zero-order valence-electron chi connectivity index (χ0n) is 13.6. The van der Waals surface area contributed by atoms with Gasteiger partial charge in [-0.2, -0.15) is 0 Å². The number of carbonyl (C=O) groups is 1. The van der Waals surface area contributed by atoms with E-state index in [4.69, 9.17) is 5.73 Å². The van der Waals surface area contributed by atoms with E-state index in [9.17, 15) is 9.18 Å². The molecule has 8 nitrogen and oxygen atoms in total. The summed E-state index contributed by atoms with van der Waals surface area (Å²) >= 11 is 0. The Morgan fingerprint density at radius 1 is 1.04 bits per heavy atom. The van der Waals surface area contributed by atoms with E-state index in [1.807, 2.05) is 0 Å². The molecule has 5 N–H and O–H groups in total. The van der Waals surface area contributed by atoms with Crippen molar-refractivity contribution in [2.45, 2.75) is 6.54 Å². The molecule has 0 aliphatic rings. The van der Waals surface area contributed by atoms with Gasteiger partial charge in [-0.1, -0.05) is 12.1 Å². The fourth-order valence-electron chi connectivity index (χ4n) is 2.12. The molecule has 0 unspecified atom stereocenters. The van der Waals surface area contributed by atoms with Crippen LogP contribution in [0.15, 0.2) is 55.1 Å². The van der Waals surface area contributed by atoms with Crippen molar-refractivity contribution in [3.63, 3.8) is 0 Å². The van der Waals surface area contributed by atoms with Gasteiger partial charge in [0.05, 0.1) is 0 Å². The molecule has 0 aliphatic carbocycles. The van der Waals surface area contributed by atoms with Crippen LogP contribution in [-0.4, -0.2) is 20.9 Å². The second kappa shape index (κ2) is 7.88. The number of hydrazine groups is 1. The first kappa shape index (κ1) is 17.1. The molecule has 26 heavy (non-hydrogen) atoms. The molecule has 2 heterocycles. The summed E-state index contributed by atoms with van der Waals surface area (Å²) in [5.41, 5.74) is 12.7. The summed E-state index contributed by atoms with van der Waals surface area (Å²) in [6.45, 7) is 0.407. The molecule has 0 atom stereocenters. The van der Waals surface area contributed by atoms with Gasteiger partial charge in [-0.05, 0) is 29.8 Å². The van der Waals surface area contributed by atoms with Crippen molar-refractivity contribution in [3.8, 4) is 0 Å². The molecule has 3 aromatic rings. The average Bonchev–Trinajstić information content (AvgIpc) is 2.68. The fourth-order valence-corrected chi connectivity index (χ4v) is 2.12. The molecule has 0 saturated heterocycles. The SMILES string of the molecule is Nc1c(NCc2ccc(F)cc2)ncnc1NNC(=O)c1ccncc1. The topological polar surface area (TPSA) is 118 Å². The highest BCUT2D eigenvalue weighted by Gasteiger charge is 2.10. The third kappa shape index (κ3) is 4.20. The van der Waals surface area contributed by atoms with Crippen molar-refractivity contribution in [2.24, 2.45) is 0 Å². The zero-order chi connectivity index (χ0) is 18.4. The van der Waals surface area contributed by atoms with Gasteiger partial charge in [-0.25, -0.2) is 14.4 Å². The van der Waals surface area contributed by atoms with Crippen molar-refractivity contribution < 1.29 is 9.18 Å². The molecule has 0 bridgehead atoms. The van der Waals surface area contributed by atoms with Gasteiger partial charge in [0.25, 0.3) is 5.91 Å². The van der Waals surface area contributed by atoms with Gasteiger partial charge in [-0.3, -0.25) is 20.6 Å². The summed E-state index contributed by atoms with van der Waals surface area (Å²) in [5.74, 6) is -0.00745. The normalized spacial score (nSPS) is 10.2. The van der Waals surface area contributed by atoms with E-state index in [2.05, 4.69) is 31.1 Å². The number of anilines is 3. The van der Waals surface area contributed by atoms with Crippen molar-refractivity contribution in [1.29, 1.82) is 0 Å². The van der Waals surface area contributed by atoms with Crippen LogP contribution < -0.4 is 21.9 Å². The highest BCUT2D eigenvalue weighted by molar-refractivity contribution is 5.95. The molecule has 0 saturated carbocycles. The van der Waals surface area contributed by atoms with Crippen LogP contribution in [0.2, 0.25) is 0 Å². The Kier molecular flexibility index (Phi) is 5.18. The zero-order valence-corrected chi connectivity index (χ0v) is 13.6. The Labute approximate surface area is 148 Å². The van der Waals surface area contributed by atoms with Crippen molar-refractivity contribution in [2.75, 3.05) is 16.5 Å². The maximum Gasteiger partial charge on any atom is 0.269 e. The number of halogens is 1. The van der Waals surface area contributed by atoms with Gasteiger partial charge >= 0.3 is 0 Å². The number of nitrogens with two attached hydrogens (primary N) is 1. The number of rotatable bonds is 6. The van der Waals surface area contributed by atoms with Crippen LogP contribution in [0.1, 0.15) is 15.9 Å². The fraction of sp³-hybridized carbons (Fsp3) is 0.0588. The lowest BCUT2D eigenvalue weighted by Gasteiger charge is -2.13. The summed E-state index contributed by atoms with van der Waals surface area (Å²) in [7, 11) is 0. The number of carbonyl (C=O) groups excluding carboxylic acids is 1. The van der Waals surface area contributed by atoms with Crippen LogP contribution in [0, 0.1) is 5.82 Å². The highest BCUT2D eigenvalue weighted by atomic mass is 19.1. The number of nitrogen functional groups attached to an aromatic ring is 1. The Bertz CT molecular complexity index is 887. The van der Waals surface area contributed by atoms with Crippen LogP contribution in [-0.2, 0) is 6.54 Å². The van der Waals surface area contributed by atoms with E-state index in [1.54, 1.807) is 24.3 Å². The van der Waals surface area contributed by atoms with Crippen LogP contribution >= 0.6 is 0 Å². The monoisotopic (exact) mass is 353 g/mol. The minimum atomic E-state index is -0.355. The molecular weight excluding hydrogens is 337 g/mol. The lowest BCUT2D eigenvalue weighted by Crippen LogP contribution is -2.30. The Hall–Kier alpha value is -3.75. The van der Waals surface area contributed by atoms with E-state index < -0.39 is 0 Å². The number of nitrogens with zero attached hydrogens (tertiary/aromatic N) is 3. The number of nitrogens with one attached hydrogen (secondary N) is 3. The minimum absolute atomic E-state index is 0.240. The van der Waals surface area contributed by atoms with Gasteiger partial charge in [-0.15, -0.1) is 0 Å². The summed E-state index contributed by atoms with van der Waals surface area (Å²) < 4.78 is 12.9. The Morgan fingerprint density at radius 3 is 2.46 bits per heavy atom. The van der Waals surface area contributed by atoms with E-state index >= 15 is 0 Å². The predicted molar refractivity (Wildman–Crippen MR) is 95.5 cm³/mol. The molecule has 9 heteroatoms. The van der Waals surface area contributed by atoms with Crippen molar-refractivity contribution in [1.82, 2.24) is 20.4 Å². The molecule has 0 fully saturated rings. The molecule has 0 radical (unpaired) electrons. The summed E-state index contributed by atoms with van der Waals surface area (Å²) in [6.07, 6.45) is 4.35. The lowest BCUT2D eigenvalue weighted by atomic mass is 10.2. The number of pyridine rings is 1. The number of hydrogen-bond acceptors (Lipinski definition) is 7. The smallest absolute Gasteiger partial charge is 0.269 e. The van der Waals surface area contributed by atoms with E-state index in [0.29, 0.717) is 17.9 Å². The molecular formula is C17H16FN7O. The maximum atomic E-state index is 12.9. The van der Waals surface area contributed by atoms with Gasteiger partial charge in [0.1, 0.15) is 17.8 Å². The Balaban J connectivity index is 1.63. The average molecular weight is 353 g/mol. The van der Waals surface area contributed by atoms with Gasteiger partial charge in [0.15, 0.2) is 11.6 Å². The molecule has 3 rings (SSSR count). The predicted octanol–water partition coefficient (Wildman–Crippen LogP) is 1.96. The largest absolute Gasteiger partial charge is 0.393 e. The maximum absolute atomic E-state index is 12.9. The molecule has 0 spiro atoms. The van der Waals surface area contributed by atoms with E-state index in [-0.39, 0.29) is 23.2 Å². The highest BCUT2D eigenvalue weighted by Crippen LogP contribution is 2.22.